The molecule has 1 atom stereocenters. The number of hydrogen-bond acceptors (Lipinski definition) is 8. The summed E-state index contributed by atoms with van der Waals surface area (Å²) in [7, 11) is 0. The van der Waals surface area contributed by atoms with Gasteiger partial charge in [-0.3, -0.25) is 9.69 Å². The van der Waals surface area contributed by atoms with Crippen molar-refractivity contribution in [3.63, 3.8) is 0 Å². The van der Waals surface area contributed by atoms with Gasteiger partial charge in [0.25, 0.3) is 5.56 Å². The number of furan rings is 1. The average Bonchev–Trinajstić information content (AvgIpc) is 3.63. The van der Waals surface area contributed by atoms with Crippen LogP contribution in [0.3, 0.4) is 0 Å². The summed E-state index contributed by atoms with van der Waals surface area (Å²) in [5.74, 6) is 2.11. The Kier molecular flexibility index (Phi) is 6.94. The van der Waals surface area contributed by atoms with Crippen molar-refractivity contribution in [2.45, 2.75) is 52.4 Å². The Morgan fingerprint density at radius 3 is 2.73 bits per heavy atom. The van der Waals surface area contributed by atoms with Crippen LogP contribution in [0.4, 0.5) is 0 Å². The van der Waals surface area contributed by atoms with Gasteiger partial charge in [-0.15, -0.1) is 16.4 Å². The summed E-state index contributed by atoms with van der Waals surface area (Å²) in [5.41, 5.74) is 0.690. The molecule has 0 aliphatic rings. The van der Waals surface area contributed by atoms with Gasteiger partial charge in [-0.1, -0.05) is 6.07 Å². The molecule has 192 valence electrons. The predicted molar refractivity (Wildman–Crippen MR) is 143 cm³/mol. The number of benzene rings is 1. The van der Waals surface area contributed by atoms with Gasteiger partial charge in [0.15, 0.2) is 5.82 Å². The number of nitrogens with one attached hydrogen (secondary N) is 1. The molecule has 1 aromatic carbocycles. The third-order valence-electron chi connectivity index (χ3n) is 6.07. The zero-order valence-electron chi connectivity index (χ0n) is 21.3. The van der Waals surface area contributed by atoms with E-state index in [1.165, 1.54) is 0 Å². The van der Waals surface area contributed by atoms with Crippen molar-refractivity contribution in [1.82, 2.24) is 30.1 Å². The zero-order valence-corrected chi connectivity index (χ0v) is 22.2. The van der Waals surface area contributed by atoms with Crippen LogP contribution < -0.4 is 10.3 Å². The number of tetrazole rings is 1. The Morgan fingerprint density at radius 1 is 1.16 bits per heavy atom. The van der Waals surface area contributed by atoms with Crippen LogP contribution in [-0.2, 0) is 18.6 Å². The van der Waals surface area contributed by atoms with Gasteiger partial charge < -0.3 is 14.1 Å². The number of nitrogens with zero attached hydrogens (tertiary/aromatic N) is 5. The largest absolute Gasteiger partial charge is 0.494 e. The minimum atomic E-state index is -0.551. The summed E-state index contributed by atoms with van der Waals surface area (Å²) in [6.07, 6.45) is 1.66. The van der Waals surface area contributed by atoms with E-state index in [-0.39, 0.29) is 5.56 Å². The third kappa shape index (κ3) is 5.35. The fourth-order valence-corrected chi connectivity index (χ4v) is 5.18. The van der Waals surface area contributed by atoms with Crippen molar-refractivity contribution in [3.8, 4) is 5.75 Å². The van der Waals surface area contributed by atoms with Crippen molar-refractivity contribution < 1.29 is 9.15 Å². The summed E-state index contributed by atoms with van der Waals surface area (Å²) >= 11 is 1.66. The lowest BCUT2D eigenvalue weighted by Gasteiger charge is -2.32. The standard InChI is InChI=1S/C27H30N6O3S/c1-5-35-19-10-11-23-18(14-19)15-22(26(34)28-23)24(25-29-30-31-33(25)27(2,3)4)32(16-20-8-6-12-36-20)17-21-9-7-13-37-21/h6-15,24H,5,16-17H2,1-4H3,(H,28,34)/t24-/m1/s1. The monoisotopic (exact) mass is 518 g/mol. The molecule has 4 heterocycles. The van der Waals surface area contributed by atoms with E-state index in [9.17, 15) is 4.79 Å². The quantitative estimate of drug-likeness (QED) is 0.289. The zero-order chi connectivity index (χ0) is 26.0. The van der Waals surface area contributed by atoms with Crippen molar-refractivity contribution in [3.05, 3.63) is 92.6 Å². The van der Waals surface area contributed by atoms with Gasteiger partial charge in [0.2, 0.25) is 0 Å². The molecule has 4 aromatic heterocycles. The lowest BCUT2D eigenvalue weighted by Crippen LogP contribution is -2.37. The van der Waals surface area contributed by atoms with Gasteiger partial charge in [-0.2, -0.15) is 0 Å². The number of H-pyrrole nitrogens is 1. The molecule has 0 fully saturated rings. The summed E-state index contributed by atoms with van der Waals surface area (Å²) in [5, 5.41) is 15.7. The van der Waals surface area contributed by atoms with E-state index < -0.39 is 11.6 Å². The van der Waals surface area contributed by atoms with E-state index in [0.29, 0.717) is 31.1 Å². The molecule has 0 radical (unpaired) electrons. The summed E-state index contributed by atoms with van der Waals surface area (Å²) in [6, 6.07) is 15.0. The molecule has 1 N–H and O–H groups in total. The SMILES string of the molecule is CCOc1ccc2[nH]c(=O)c([C@H](c3nnnn3C(C)(C)C)N(Cc3ccco3)Cc3cccs3)cc2c1. The van der Waals surface area contributed by atoms with Gasteiger partial charge in [0.05, 0.1) is 25.0 Å². The maximum absolute atomic E-state index is 13.6. The average molecular weight is 519 g/mol. The summed E-state index contributed by atoms with van der Waals surface area (Å²) in [4.78, 5) is 20.0. The minimum absolute atomic E-state index is 0.194. The molecule has 37 heavy (non-hydrogen) atoms. The fraction of sp³-hybridized carbons (Fsp3) is 0.333. The normalized spacial score (nSPS) is 12.9. The lowest BCUT2D eigenvalue weighted by atomic mass is 10.0. The van der Waals surface area contributed by atoms with Crippen LogP contribution in [0.15, 0.2) is 69.4 Å². The van der Waals surface area contributed by atoms with E-state index in [4.69, 9.17) is 9.15 Å². The van der Waals surface area contributed by atoms with Gasteiger partial charge in [0, 0.05) is 27.9 Å². The van der Waals surface area contributed by atoms with Gasteiger partial charge in [0.1, 0.15) is 17.6 Å². The Bertz CT molecular complexity index is 1480. The van der Waals surface area contributed by atoms with Crippen LogP contribution in [0.25, 0.3) is 10.9 Å². The Labute approximate surface area is 218 Å². The molecular formula is C27H30N6O3S. The van der Waals surface area contributed by atoms with E-state index in [2.05, 4.69) is 31.5 Å². The first-order valence-electron chi connectivity index (χ1n) is 12.2. The highest BCUT2D eigenvalue weighted by atomic mass is 32.1. The molecule has 0 spiro atoms. The van der Waals surface area contributed by atoms with E-state index in [0.717, 1.165) is 27.3 Å². The van der Waals surface area contributed by atoms with Crippen molar-refractivity contribution in [2.24, 2.45) is 0 Å². The summed E-state index contributed by atoms with van der Waals surface area (Å²) < 4.78 is 13.2. The number of aromatic nitrogens is 5. The van der Waals surface area contributed by atoms with Gasteiger partial charge in [-0.05, 0) is 86.0 Å². The van der Waals surface area contributed by atoms with Crippen molar-refractivity contribution >= 4 is 22.2 Å². The maximum Gasteiger partial charge on any atom is 0.253 e. The second-order valence-electron chi connectivity index (χ2n) is 9.82. The second kappa shape index (κ2) is 10.3. The van der Waals surface area contributed by atoms with Crippen LogP contribution in [0.2, 0.25) is 0 Å². The number of fused-ring (bicyclic) bond motifs is 1. The number of pyridine rings is 1. The molecule has 5 rings (SSSR count). The van der Waals surface area contributed by atoms with Crippen LogP contribution >= 0.6 is 11.3 Å². The molecule has 9 nitrogen and oxygen atoms in total. The Balaban J connectivity index is 1.71. The minimum Gasteiger partial charge on any atom is -0.494 e. The molecule has 0 saturated heterocycles. The highest BCUT2D eigenvalue weighted by molar-refractivity contribution is 7.09. The van der Waals surface area contributed by atoms with E-state index in [1.807, 2.05) is 75.5 Å². The molecule has 0 amide bonds. The number of hydrogen-bond donors (Lipinski definition) is 1. The topological polar surface area (TPSA) is 102 Å². The van der Waals surface area contributed by atoms with Gasteiger partial charge >= 0.3 is 0 Å². The fourth-order valence-electron chi connectivity index (χ4n) is 4.45. The lowest BCUT2D eigenvalue weighted by molar-refractivity contribution is 0.173. The predicted octanol–water partition coefficient (Wildman–Crippen LogP) is 5.11. The van der Waals surface area contributed by atoms with Crippen LogP contribution in [0.1, 0.15) is 55.8 Å². The molecule has 0 bridgehead atoms. The number of ether oxygens (including phenoxy) is 1. The number of thiophene rings is 1. The molecule has 0 unspecified atom stereocenters. The highest BCUT2D eigenvalue weighted by Gasteiger charge is 2.34. The van der Waals surface area contributed by atoms with Crippen LogP contribution in [0, 0.1) is 0 Å². The Hall–Kier alpha value is -3.76. The first-order valence-corrected chi connectivity index (χ1v) is 13.1. The first-order chi connectivity index (χ1) is 17.8. The molecule has 10 heteroatoms. The molecule has 5 aromatic rings. The molecule has 0 saturated carbocycles. The van der Waals surface area contributed by atoms with E-state index in [1.54, 1.807) is 22.3 Å². The third-order valence-corrected chi connectivity index (χ3v) is 6.93. The van der Waals surface area contributed by atoms with E-state index >= 15 is 0 Å². The number of aromatic amines is 1. The molecule has 0 aliphatic heterocycles. The van der Waals surface area contributed by atoms with Gasteiger partial charge in [-0.25, -0.2) is 4.68 Å². The van der Waals surface area contributed by atoms with Crippen molar-refractivity contribution in [1.29, 1.82) is 0 Å². The smallest absolute Gasteiger partial charge is 0.253 e. The van der Waals surface area contributed by atoms with Crippen LogP contribution in [0.5, 0.6) is 5.75 Å². The highest BCUT2D eigenvalue weighted by Crippen LogP contribution is 2.33. The van der Waals surface area contributed by atoms with Crippen LogP contribution in [-0.4, -0.2) is 36.7 Å². The number of rotatable bonds is 9. The molecule has 0 aliphatic carbocycles. The summed E-state index contributed by atoms with van der Waals surface area (Å²) in [6.45, 7) is 9.67. The molecular weight excluding hydrogens is 488 g/mol. The second-order valence-corrected chi connectivity index (χ2v) is 10.9. The first kappa shape index (κ1) is 24.9. The maximum atomic E-state index is 13.6. The van der Waals surface area contributed by atoms with Crippen molar-refractivity contribution in [2.75, 3.05) is 6.61 Å². The Morgan fingerprint density at radius 2 is 2.03 bits per heavy atom.